The van der Waals surface area contributed by atoms with Crippen molar-refractivity contribution >= 4 is 27.3 Å². The first-order chi connectivity index (χ1) is 13.0. The Hall–Kier alpha value is -1.97. The highest BCUT2D eigenvalue weighted by atomic mass is 35.5. The lowest BCUT2D eigenvalue weighted by Gasteiger charge is -2.19. The molecule has 1 saturated heterocycles. The number of halogens is 4. The SMILES string of the molecule is CN1CC[C@@H](Oc2cc(NS(=O)(=O)c3cccc(Cl)c3)ccc2C(F)(F)F)C1. The molecule has 1 atom stereocenters. The van der Waals surface area contributed by atoms with Gasteiger partial charge in [0, 0.05) is 24.2 Å². The number of likely N-dealkylation sites (tertiary alicyclic amines) is 1. The second kappa shape index (κ2) is 7.81. The van der Waals surface area contributed by atoms with Gasteiger partial charge >= 0.3 is 6.18 Å². The Morgan fingerprint density at radius 3 is 2.57 bits per heavy atom. The summed E-state index contributed by atoms with van der Waals surface area (Å²) in [5, 5.41) is 0.227. The molecule has 0 unspecified atom stereocenters. The summed E-state index contributed by atoms with van der Waals surface area (Å²) in [6.45, 7) is 1.21. The molecule has 0 saturated carbocycles. The second-order valence-corrected chi connectivity index (χ2v) is 8.68. The minimum Gasteiger partial charge on any atom is -0.488 e. The second-order valence-electron chi connectivity index (χ2n) is 6.56. The minimum absolute atomic E-state index is 0.0330. The molecule has 28 heavy (non-hydrogen) atoms. The van der Waals surface area contributed by atoms with E-state index in [1.54, 1.807) is 0 Å². The van der Waals surface area contributed by atoms with Gasteiger partial charge in [0.1, 0.15) is 11.9 Å². The molecular weight excluding hydrogens is 417 g/mol. The average molecular weight is 435 g/mol. The van der Waals surface area contributed by atoms with E-state index in [9.17, 15) is 21.6 Å². The van der Waals surface area contributed by atoms with Crippen LogP contribution in [0, 0.1) is 0 Å². The van der Waals surface area contributed by atoms with Gasteiger partial charge in [-0.3, -0.25) is 4.72 Å². The van der Waals surface area contributed by atoms with Crippen molar-refractivity contribution in [1.29, 1.82) is 0 Å². The van der Waals surface area contributed by atoms with Gasteiger partial charge in [0.05, 0.1) is 16.1 Å². The summed E-state index contributed by atoms with van der Waals surface area (Å²) in [4.78, 5) is 1.85. The molecular formula is C18H18ClF3N2O3S. The van der Waals surface area contributed by atoms with Crippen LogP contribution < -0.4 is 9.46 Å². The third-order valence-electron chi connectivity index (χ3n) is 4.29. The van der Waals surface area contributed by atoms with Crippen molar-refractivity contribution < 1.29 is 26.3 Å². The number of hydrogen-bond donors (Lipinski definition) is 1. The van der Waals surface area contributed by atoms with Crippen molar-refractivity contribution in [2.75, 3.05) is 24.9 Å². The monoisotopic (exact) mass is 434 g/mol. The maximum atomic E-state index is 13.3. The van der Waals surface area contributed by atoms with Gasteiger partial charge in [-0.25, -0.2) is 8.42 Å². The zero-order valence-electron chi connectivity index (χ0n) is 14.8. The number of sulfonamides is 1. The third kappa shape index (κ3) is 4.89. The van der Waals surface area contributed by atoms with Crippen LogP contribution in [0.5, 0.6) is 5.75 Å². The summed E-state index contributed by atoms with van der Waals surface area (Å²) in [5.41, 5.74) is -0.984. The first kappa shape index (κ1) is 20.8. The number of hydrogen-bond acceptors (Lipinski definition) is 4. The Balaban J connectivity index is 1.90. The van der Waals surface area contributed by atoms with Gasteiger partial charge in [0.15, 0.2) is 0 Å². The van der Waals surface area contributed by atoms with Gasteiger partial charge in [-0.15, -0.1) is 0 Å². The first-order valence-corrected chi connectivity index (χ1v) is 10.3. The third-order valence-corrected chi connectivity index (χ3v) is 5.90. The predicted molar refractivity (Wildman–Crippen MR) is 100 cm³/mol. The maximum absolute atomic E-state index is 13.3. The summed E-state index contributed by atoms with van der Waals surface area (Å²) >= 11 is 5.82. The molecule has 1 aliphatic rings. The van der Waals surface area contributed by atoms with E-state index in [0.29, 0.717) is 19.5 Å². The molecule has 10 heteroatoms. The lowest BCUT2D eigenvalue weighted by Crippen LogP contribution is -2.23. The number of rotatable bonds is 5. The quantitative estimate of drug-likeness (QED) is 0.764. The van der Waals surface area contributed by atoms with Crippen molar-refractivity contribution in [3.05, 3.63) is 53.1 Å². The molecule has 0 aliphatic carbocycles. The predicted octanol–water partition coefficient (Wildman–Crippen LogP) is 4.24. The van der Waals surface area contributed by atoms with Crippen LogP contribution in [0.1, 0.15) is 12.0 Å². The largest absolute Gasteiger partial charge is 0.488 e. The zero-order valence-corrected chi connectivity index (χ0v) is 16.4. The van der Waals surface area contributed by atoms with Gasteiger partial charge < -0.3 is 9.64 Å². The number of anilines is 1. The van der Waals surface area contributed by atoms with E-state index in [1.807, 2.05) is 11.9 Å². The molecule has 2 aromatic carbocycles. The van der Waals surface area contributed by atoms with Crippen LogP contribution in [0.25, 0.3) is 0 Å². The summed E-state index contributed by atoms with van der Waals surface area (Å²) in [6, 6.07) is 8.49. The zero-order chi connectivity index (χ0) is 20.5. The van der Waals surface area contributed by atoms with E-state index in [2.05, 4.69) is 4.72 Å². The van der Waals surface area contributed by atoms with E-state index < -0.39 is 33.6 Å². The number of likely N-dealkylation sites (N-methyl/N-ethyl adjacent to an activating group) is 1. The Labute approximate surface area is 166 Å². The Morgan fingerprint density at radius 1 is 1.21 bits per heavy atom. The van der Waals surface area contributed by atoms with Gasteiger partial charge in [-0.1, -0.05) is 17.7 Å². The van der Waals surface area contributed by atoms with Crippen LogP contribution >= 0.6 is 11.6 Å². The summed E-state index contributed by atoms with van der Waals surface area (Å²) in [7, 11) is -2.17. The standard InChI is InChI=1S/C18H18ClF3N2O3S/c1-24-8-7-14(11-24)27-17-10-13(5-6-16(17)18(20,21)22)23-28(25,26)15-4-2-3-12(19)9-15/h2-6,9-10,14,23H,7-8,11H2,1H3/t14-/m1/s1. The molecule has 5 nitrogen and oxygen atoms in total. The van der Waals surface area contributed by atoms with Gasteiger partial charge in [-0.05, 0) is 43.8 Å². The fourth-order valence-electron chi connectivity index (χ4n) is 2.94. The average Bonchev–Trinajstić information content (AvgIpc) is 2.98. The van der Waals surface area contributed by atoms with E-state index in [-0.39, 0.29) is 15.6 Å². The lowest BCUT2D eigenvalue weighted by atomic mass is 10.1. The van der Waals surface area contributed by atoms with Gasteiger partial charge in [0.2, 0.25) is 0 Å². The highest BCUT2D eigenvalue weighted by Crippen LogP contribution is 2.39. The summed E-state index contributed by atoms with van der Waals surface area (Å²) in [6.07, 6.45) is -4.43. The minimum atomic E-state index is -4.62. The molecule has 3 rings (SSSR count). The molecule has 0 bridgehead atoms. The molecule has 1 aliphatic heterocycles. The van der Waals surface area contributed by atoms with E-state index >= 15 is 0 Å². The Morgan fingerprint density at radius 2 is 1.96 bits per heavy atom. The number of ether oxygens (including phenoxy) is 1. The molecule has 0 aromatic heterocycles. The topological polar surface area (TPSA) is 58.6 Å². The number of benzene rings is 2. The van der Waals surface area contributed by atoms with Crippen LogP contribution in [-0.2, 0) is 16.2 Å². The normalized spacial score (nSPS) is 18.2. The summed E-state index contributed by atoms with van der Waals surface area (Å²) < 4.78 is 72.8. The molecule has 1 fully saturated rings. The molecule has 1 N–H and O–H groups in total. The van der Waals surface area contributed by atoms with Crippen LogP contribution in [0.4, 0.5) is 18.9 Å². The molecule has 0 amide bonds. The molecule has 1 heterocycles. The molecule has 152 valence electrons. The first-order valence-electron chi connectivity index (χ1n) is 8.39. The van der Waals surface area contributed by atoms with Crippen molar-refractivity contribution in [2.45, 2.75) is 23.6 Å². The van der Waals surface area contributed by atoms with E-state index in [1.165, 1.54) is 24.3 Å². The fourth-order valence-corrected chi connectivity index (χ4v) is 4.29. The van der Waals surface area contributed by atoms with Crippen molar-refractivity contribution in [1.82, 2.24) is 4.90 Å². The number of nitrogens with zero attached hydrogens (tertiary/aromatic N) is 1. The van der Waals surface area contributed by atoms with Gasteiger partial charge in [-0.2, -0.15) is 13.2 Å². The number of nitrogens with one attached hydrogen (secondary N) is 1. The molecule has 2 aromatic rings. The van der Waals surface area contributed by atoms with Crippen LogP contribution in [-0.4, -0.2) is 39.6 Å². The maximum Gasteiger partial charge on any atom is 0.419 e. The van der Waals surface area contributed by atoms with Gasteiger partial charge in [0.25, 0.3) is 10.0 Å². The highest BCUT2D eigenvalue weighted by molar-refractivity contribution is 7.92. The van der Waals surface area contributed by atoms with Crippen LogP contribution in [0.15, 0.2) is 47.4 Å². The Kier molecular flexibility index (Phi) is 5.79. The fraction of sp³-hybridized carbons (Fsp3) is 0.333. The van der Waals surface area contributed by atoms with Crippen LogP contribution in [0.3, 0.4) is 0 Å². The lowest BCUT2D eigenvalue weighted by molar-refractivity contribution is -0.139. The van der Waals surface area contributed by atoms with Crippen molar-refractivity contribution in [3.8, 4) is 5.75 Å². The molecule has 0 spiro atoms. The summed E-state index contributed by atoms with van der Waals surface area (Å²) in [5.74, 6) is -0.404. The van der Waals surface area contributed by atoms with Crippen molar-refractivity contribution in [3.63, 3.8) is 0 Å². The Bertz CT molecular complexity index is 967. The highest BCUT2D eigenvalue weighted by Gasteiger charge is 2.36. The van der Waals surface area contributed by atoms with Crippen LogP contribution in [0.2, 0.25) is 5.02 Å². The number of alkyl halides is 3. The smallest absolute Gasteiger partial charge is 0.419 e. The van der Waals surface area contributed by atoms with E-state index in [0.717, 1.165) is 18.2 Å². The molecule has 0 radical (unpaired) electrons. The van der Waals surface area contributed by atoms with Crippen molar-refractivity contribution in [2.24, 2.45) is 0 Å². The van der Waals surface area contributed by atoms with E-state index in [4.69, 9.17) is 16.3 Å².